The Morgan fingerprint density at radius 3 is 2.57 bits per heavy atom. The van der Waals surface area contributed by atoms with Gasteiger partial charge in [0, 0.05) is 11.9 Å². The zero-order chi connectivity index (χ0) is 16.0. The normalized spacial score (nSPS) is 27.7. The maximum absolute atomic E-state index is 12.9. The van der Waals surface area contributed by atoms with Crippen LogP contribution in [0.5, 0.6) is 0 Å². The van der Waals surface area contributed by atoms with Gasteiger partial charge in [0.1, 0.15) is 6.04 Å². The number of nitrogens with one attached hydrogen (secondary N) is 1. The lowest BCUT2D eigenvalue weighted by atomic mass is 9.95. The topological polar surface area (TPSA) is 52.7 Å². The number of likely N-dealkylation sites (tertiary alicyclic amines) is 1. The van der Waals surface area contributed by atoms with Gasteiger partial charge >= 0.3 is 0 Å². The molecule has 23 heavy (non-hydrogen) atoms. The lowest BCUT2D eigenvalue weighted by Gasteiger charge is -2.21. The quantitative estimate of drug-likeness (QED) is 0.874. The van der Waals surface area contributed by atoms with Crippen molar-refractivity contribution in [3.63, 3.8) is 0 Å². The molecular formula is C17H17N3O2S. The van der Waals surface area contributed by atoms with Crippen LogP contribution in [0.3, 0.4) is 0 Å². The molecule has 0 unspecified atom stereocenters. The molecule has 6 heteroatoms. The van der Waals surface area contributed by atoms with Gasteiger partial charge in [-0.25, -0.2) is 10.4 Å². The van der Waals surface area contributed by atoms with Crippen molar-refractivity contribution < 1.29 is 9.59 Å². The molecule has 2 amide bonds. The van der Waals surface area contributed by atoms with Crippen LogP contribution in [0.15, 0.2) is 47.8 Å². The molecule has 118 valence electrons. The zero-order valence-electron chi connectivity index (χ0n) is 12.7. The summed E-state index contributed by atoms with van der Waals surface area (Å²) in [6.45, 7) is 0.344. The molecule has 5 nitrogen and oxygen atoms in total. The third-order valence-electron chi connectivity index (χ3n) is 4.56. The number of hydrogen-bond donors (Lipinski definition) is 1. The van der Waals surface area contributed by atoms with Crippen molar-refractivity contribution in [3.05, 3.63) is 58.3 Å². The number of hydrogen-bond acceptors (Lipinski definition) is 5. The molecule has 4 rings (SSSR count). The lowest BCUT2D eigenvalue weighted by Crippen LogP contribution is -2.42. The number of fused-ring (bicyclic) bond motifs is 1. The summed E-state index contributed by atoms with van der Waals surface area (Å²) in [4.78, 5) is 28.1. The van der Waals surface area contributed by atoms with E-state index < -0.39 is 6.04 Å². The van der Waals surface area contributed by atoms with E-state index in [0.29, 0.717) is 6.54 Å². The minimum atomic E-state index is -0.418. The Bertz CT molecular complexity index is 732. The predicted octanol–water partition coefficient (Wildman–Crippen LogP) is 1.79. The van der Waals surface area contributed by atoms with Gasteiger partial charge in [0.05, 0.1) is 18.5 Å². The van der Waals surface area contributed by atoms with E-state index in [9.17, 15) is 9.59 Å². The summed E-state index contributed by atoms with van der Waals surface area (Å²) >= 11 is 1.61. The molecule has 0 spiro atoms. The van der Waals surface area contributed by atoms with Gasteiger partial charge in [-0.2, -0.15) is 0 Å². The van der Waals surface area contributed by atoms with E-state index in [1.807, 2.05) is 54.9 Å². The second-order valence-corrected chi connectivity index (χ2v) is 6.93. The molecule has 0 bridgehead atoms. The molecule has 2 saturated heterocycles. The summed E-state index contributed by atoms with van der Waals surface area (Å²) in [7, 11) is 1.84. The van der Waals surface area contributed by atoms with Crippen LogP contribution in [0.1, 0.15) is 16.5 Å². The number of carbonyl (C=O) groups excluding carboxylic acids is 2. The maximum atomic E-state index is 12.9. The third kappa shape index (κ3) is 2.30. The monoisotopic (exact) mass is 327 g/mol. The minimum absolute atomic E-state index is 0.0842. The molecule has 1 aromatic heterocycles. The van der Waals surface area contributed by atoms with Crippen molar-refractivity contribution in [1.29, 1.82) is 0 Å². The van der Waals surface area contributed by atoms with Crippen LogP contribution in [0.2, 0.25) is 0 Å². The fourth-order valence-electron chi connectivity index (χ4n) is 3.48. The highest BCUT2D eigenvalue weighted by atomic mass is 32.1. The second-order valence-electron chi connectivity index (χ2n) is 5.95. The zero-order valence-corrected chi connectivity index (χ0v) is 13.5. The highest BCUT2D eigenvalue weighted by Gasteiger charge is 2.57. The average molecular weight is 327 g/mol. The van der Waals surface area contributed by atoms with Gasteiger partial charge in [-0.1, -0.05) is 36.4 Å². The fraction of sp³-hybridized carbons (Fsp3) is 0.294. The van der Waals surface area contributed by atoms with Crippen molar-refractivity contribution >= 4 is 23.2 Å². The Morgan fingerprint density at radius 1 is 1.09 bits per heavy atom. The number of rotatable bonds is 3. The summed E-state index contributed by atoms with van der Waals surface area (Å²) < 4.78 is 0. The van der Waals surface area contributed by atoms with Crippen LogP contribution in [-0.4, -0.2) is 34.8 Å². The Kier molecular flexibility index (Phi) is 3.52. The van der Waals surface area contributed by atoms with Crippen LogP contribution in [0.4, 0.5) is 0 Å². The first kappa shape index (κ1) is 14.6. The molecule has 0 saturated carbocycles. The predicted molar refractivity (Wildman–Crippen MR) is 87.2 cm³/mol. The van der Waals surface area contributed by atoms with Gasteiger partial charge in [0.15, 0.2) is 0 Å². The summed E-state index contributed by atoms with van der Waals surface area (Å²) in [5.74, 6) is -0.549. The highest BCUT2D eigenvalue weighted by molar-refractivity contribution is 7.10. The van der Waals surface area contributed by atoms with Crippen LogP contribution in [0.25, 0.3) is 0 Å². The number of benzene rings is 1. The number of imide groups is 1. The summed E-state index contributed by atoms with van der Waals surface area (Å²) in [6, 6.07) is 13.1. The Morgan fingerprint density at radius 2 is 1.87 bits per heavy atom. The van der Waals surface area contributed by atoms with Crippen LogP contribution >= 0.6 is 11.3 Å². The molecule has 3 atom stereocenters. The SMILES string of the molecule is CN1N[C@@H](c2cccs2)[C@H]2C(=O)N(Cc3ccccc3)C(=O)[C@@H]21. The molecule has 1 N–H and O–H groups in total. The molecule has 3 heterocycles. The van der Waals surface area contributed by atoms with Gasteiger partial charge in [-0.05, 0) is 17.0 Å². The summed E-state index contributed by atoms with van der Waals surface area (Å²) in [5.41, 5.74) is 4.25. The largest absolute Gasteiger partial charge is 0.276 e. The second kappa shape index (κ2) is 5.56. The Balaban J connectivity index is 1.64. The first-order valence-electron chi connectivity index (χ1n) is 7.58. The molecule has 0 radical (unpaired) electrons. The fourth-order valence-corrected chi connectivity index (χ4v) is 4.30. The minimum Gasteiger partial charge on any atom is -0.276 e. The first-order valence-corrected chi connectivity index (χ1v) is 8.46. The molecule has 0 aliphatic carbocycles. The summed E-state index contributed by atoms with van der Waals surface area (Å²) in [5, 5.41) is 3.79. The number of thiophene rings is 1. The van der Waals surface area contributed by atoms with E-state index in [2.05, 4.69) is 5.43 Å². The van der Waals surface area contributed by atoms with Crippen molar-refractivity contribution in [2.24, 2.45) is 5.92 Å². The smallest absolute Gasteiger partial charge is 0.249 e. The number of amides is 2. The standard InChI is InChI=1S/C17H17N3O2S/c1-19-15-13(14(18-19)12-8-5-9-23-12)16(21)20(17(15)22)10-11-6-3-2-4-7-11/h2-9,13-15,18H,10H2,1H3/t13-,14+,15-/m1/s1. The maximum Gasteiger partial charge on any atom is 0.249 e. The third-order valence-corrected chi connectivity index (χ3v) is 5.52. The van der Waals surface area contributed by atoms with E-state index >= 15 is 0 Å². The number of nitrogens with zero attached hydrogens (tertiary/aromatic N) is 2. The number of likely N-dealkylation sites (N-methyl/N-ethyl adjacent to an activating group) is 1. The molecule has 2 aliphatic rings. The van der Waals surface area contributed by atoms with Gasteiger partial charge in [-0.3, -0.25) is 14.5 Å². The van der Waals surface area contributed by atoms with Crippen LogP contribution in [0, 0.1) is 5.92 Å². The Hall–Kier alpha value is -2.02. The van der Waals surface area contributed by atoms with E-state index in [1.54, 1.807) is 16.3 Å². The van der Waals surface area contributed by atoms with Crippen LogP contribution in [-0.2, 0) is 16.1 Å². The molecule has 2 fully saturated rings. The van der Waals surface area contributed by atoms with Gasteiger partial charge in [-0.15, -0.1) is 11.3 Å². The summed E-state index contributed by atoms with van der Waals surface area (Å²) in [6.07, 6.45) is 0. The van der Waals surface area contributed by atoms with Crippen molar-refractivity contribution in [3.8, 4) is 0 Å². The van der Waals surface area contributed by atoms with Gasteiger partial charge < -0.3 is 0 Å². The molecule has 2 aromatic rings. The van der Waals surface area contributed by atoms with Gasteiger partial charge in [0.2, 0.25) is 11.8 Å². The van der Waals surface area contributed by atoms with E-state index in [0.717, 1.165) is 10.4 Å². The van der Waals surface area contributed by atoms with E-state index in [1.165, 1.54) is 4.90 Å². The molecular weight excluding hydrogens is 310 g/mol. The van der Waals surface area contributed by atoms with Crippen LogP contribution < -0.4 is 5.43 Å². The van der Waals surface area contributed by atoms with Crippen molar-refractivity contribution in [1.82, 2.24) is 15.3 Å². The molecule has 2 aliphatic heterocycles. The van der Waals surface area contributed by atoms with Crippen molar-refractivity contribution in [2.45, 2.75) is 18.6 Å². The van der Waals surface area contributed by atoms with Gasteiger partial charge in [0.25, 0.3) is 0 Å². The number of carbonyl (C=O) groups is 2. The van der Waals surface area contributed by atoms with Crippen molar-refractivity contribution in [2.75, 3.05) is 7.05 Å². The van der Waals surface area contributed by atoms with E-state index in [-0.39, 0.29) is 23.8 Å². The highest BCUT2D eigenvalue weighted by Crippen LogP contribution is 2.41. The number of hydrazine groups is 1. The van der Waals surface area contributed by atoms with E-state index in [4.69, 9.17) is 0 Å². The average Bonchev–Trinajstić information content (AvgIpc) is 3.24. The lowest BCUT2D eigenvalue weighted by molar-refractivity contribution is -0.142. The Labute approximate surface area is 138 Å². The molecule has 1 aromatic carbocycles. The first-order chi connectivity index (χ1) is 11.2.